The van der Waals surface area contributed by atoms with Gasteiger partial charge in [0, 0.05) is 11.0 Å². The number of hydrogen-bond acceptors (Lipinski definition) is 3. The molecule has 1 fully saturated rings. The molecule has 3 nitrogen and oxygen atoms in total. The van der Waals surface area contributed by atoms with E-state index >= 15 is 0 Å². The summed E-state index contributed by atoms with van der Waals surface area (Å²) < 4.78 is 37.8. The van der Waals surface area contributed by atoms with Crippen molar-refractivity contribution in [2.45, 2.75) is 25.0 Å². The lowest BCUT2D eigenvalue weighted by Crippen LogP contribution is -2.23. The molecule has 1 heterocycles. The Bertz CT molecular complexity index is 431. The highest BCUT2D eigenvalue weighted by Crippen LogP contribution is 2.26. The van der Waals surface area contributed by atoms with E-state index in [2.05, 4.69) is 15.9 Å². The molecule has 2 rings (SSSR count). The molecule has 2 unspecified atom stereocenters. The van der Waals surface area contributed by atoms with Gasteiger partial charge in [-0.3, -0.25) is 0 Å². The van der Waals surface area contributed by atoms with E-state index in [1.807, 2.05) is 0 Å². The van der Waals surface area contributed by atoms with Crippen molar-refractivity contribution in [2.75, 3.05) is 13.2 Å². The fraction of sp³-hybridized carbons (Fsp3) is 0.500. The van der Waals surface area contributed by atoms with Crippen LogP contribution in [0.3, 0.4) is 0 Å². The van der Waals surface area contributed by atoms with Crippen molar-refractivity contribution in [3.63, 3.8) is 0 Å². The zero-order chi connectivity index (χ0) is 13.1. The minimum atomic E-state index is -0.980. The smallest absolute Gasteiger partial charge is 0.200 e. The third-order valence-electron chi connectivity index (χ3n) is 2.84. The number of benzene rings is 1. The second kappa shape index (κ2) is 5.95. The van der Waals surface area contributed by atoms with Crippen LogP contribution in [0.15, 0.2) is 16.6 Å². The Morgan fingerprint density at radius 3 is 2.72 bits per heavy atom. The SMILES string of the molecule is NCC1CCC(COc2cc(Br)cc(F)c2F)O1. The van der Waals surface area contributed by atoms with Gasteiger partial charge in [-0.25, -0.2) is 4.39 Å². The van der Waals surface area contributed by atoms with Gasteiger partial charge in [0.25, 0.3) is 0 Å². The second-order valence-electron chi connectivity index (χ2n) is 4.20. The monoisotopic (exact) mass is 321 g/mol. The highest BCUT2D eigenvalue weighted by atomic mass is 79.9. The van der Waals surface area contributed by atoms with Crippen molar-refractivity contribution in [1.29, 1.82) is 0 Å². The van der Waals surface area contributed by atoms with Gasteiger partial charge in [0.1, 0.15) is 6.61 Å². The lowest BCUT2D eigenvalue weighted by Gasteiger charge is -2.14. The zero-order valence-corrected chi connectivity index (χ0v) is 11.3. The first-order valence-electron chi connectivity index (χ1n) is 5.73. The molecule has 1 saturated heterocycles. The molecule has 2 atom stereocenters. The molecule has 1 aromatic carbocycles. The Kier molecular flexibility index (Phi) is 4.53. The van der Waals surface area contributed by atoms with Gasteiger partial charge in [-0.15, -0.1) is 0 Å². The van der Waals surface area contributed by atoms with E-state index in [0.717, 1.165) is 18.9 Å². The third-order valence-corrected chi connectivity index (χ3v) is 3.30. The van der Waals surface area contributed by atoms with Crippen LogP contribution < -0.4 is 10.5 Å². The normalized spacial score (nSPS) is 23.3. The molecule has 6 heteroatoms. The fourth-order valence-corrected chi connectivity index (χ4v) is 2.31. The van der Waals surface area contributed by atoms with E-state index in [1.54, 1.807) is 0 Å². The van der Waals surface area contributed by atoms with E-state index < -0.39 is 11.6 Å². The van der Waals surface area contributed by atoms with Gasteiger partial charge in [0.15, 0.2) is 11.6 Å². The van der Waals surface area contributed by atoms with Crippen molar-refractivity contribution in [2.24, 2.45) is 5.73 Å². The summed E-state index contributed by atoms with van der Waals surface area (Å²) in [6, 6.07) is 2.45. The van der Waals surface area contributed by atoms with Crippen LogP contribution in [-0.4, -0.2) is 25.4 Å². The number of rotatable bonds is 4. The summed E-state index contributed by atoms with van der Waals surface area (Å²) in [5, 5.41) is 0. The second-order valence-corrected chi connectivity index (χ2v) is 5.12. The molecule has 18 heavy (non-hydrogen) atoms. The molecule has 100 valence electrons. The average Bonchev–Trinajstić information content (AvgIpc) is 2.80. The number of nitrogens with two attached hydrogens (primary N) is 1. The van der Waals surface area contributed by atoms with E-state index in [1.165, 1.54) is 6.07 Å². The van der Waals surface area contributed by atoms with Crippen LogP contribution >= 0.6 is 15.9 Å². The average molecular weight is 322 g/mol. The van der Waals surface area contributed by atoms with Crippen LogP contribution in [0.25, 0.3) is 0 Å². The molecule has 0 amide bonds. The van der Waals surface area contributed by atoms with Crippen LogP contribution in [0.1, 0.15) is 12.8 Å². The molecule has 0 aromatic heterocycles. The summed E-state index contributed by atoms with van der Waals surface area (Å²) in [5.74, 6) is -2.03. The van der Waals surface area contributed by atoms with Crippen molar-refractivity contribution in [3.8, 4) is 5.75 Å². The van der Waals surface area contributed by atoms with E-state index in [4.69, 9.17) is 15.2 Å². The fourth-order valence-electron chi connectivity index (χ4n) is 1.90. The molecule has 0 radical (unpaired) electrons. The maximum atomic E-state index is 13.4. The number of ether oxygens (including phenoxy) is 2. The van der Waals surface area contributed by atoms with Gasteiger partial charge < -0.3 is 15.2 Å². The largest absolute Gasteiger partial charge is 0.488 e. The molecule has 1 aliphatic heterocycles. The standard InChI is InChI=1S/C12H14BrF2NO2/c13-7-3-10(14)12(15)11(4-7)17-6-9-2-1-8(5-16)18-9/h3-4,8-9H,1-2,5-6,16H2. The van der Waals surface area contributed by atoms with Crippen molar-refractivity contribution in [3.05, 3.63) is 28.2 Å². The lowest BCUT2D eigenvalue weighted by molar-refractivity contribution is 0.0212. The predicted molar refractivity (Wildman–Crippen MR) is 66.5 cm³/mol. The molecule has 1 aromatic rings. The van der Waals surface area contributed by atoms with E-state index in [-0.39, 0.29) is 24.6 Å². The first-order chi connectivity index (χ1) is 8.60. The van der Waals surface area contributed by atoms with Gasteiger partial charge in [-0.1, -0.05) is 15.9 Å². The third kappa shape index (κ3) is 3.18. The highest BCUT2D eigenvalue weighted by molar-refractivity contribution is 9.10. The first-order valence-corrected chi connectivity index (χ1v) is 6.52. The van der Waals surface area contributed by atoms with Gasteiger partial charge in [-0.05, 0) is 25.0 Å². The first kappa shape index (κ1) is 13.7. The summed E-state index contributed by atoms with van der Waals surface area (Å²) in [6.07, 6.45) is 1.63. The lowest BCUT2D eigenvalue weighted by atomic mass is 10.2. The van der Waals surface area contributed by atoms with Gasteiger partial charge in [0.2, 0.25) is 5.82 Å². The summed E-state index contributed by atoms with van der Waals surface area (Å²) in [4.78, 5) is 0. The molecule has 0 bridgehead atoms. The molecule has 2 N–H and O–H groups in total. The van der Waals surface area contributed by atoms with Crippen molar-refractivity contribution >= 4 is 15.9 Å². The molecule has 1 aliphatic rings. The minimum Gasteiger partial charge on any atom is -0.488 e. The zero-order valence-electron chi connectivity index (χ0n) is 9.67. The van der Waals surface area contributed by atoms with E-state index in [9.17, 15) is 8.78 Å². The molecule has 0 aliphatic carbocycles. The molecular weight excluding hydrogens is 308 g/mol. The quantitative estimate of drug-likeness (QED) is 0.867. The Balaban J connectivity index is 1.94. The van der Waals surface area contributed by atoms with Gasteiger partial charge in [0.05, 0.1) is 12.2 Å². The predicted octanol–water partition coefficient (Wildman–Crippen LogP) is 2.61. The van der Waals surface area contributed by atoms with Crippen molar-refractivity contribution in [1.82, 2.24) is 0 Å². The Hall–Kier alpha value is -0.720. The van der Waals surface area contributed by atoms with Gasteiger partial charge in [-0.2, -0.15) is 4.39 Å². The molecule has 0 saturated carbocycles. The summed E-state index contributed by atoms with van der Waals surface area (Å²) in [7, 11) is 0. The van der Waals surface area contributed by atoms with Crippen LogP contribution in [0, 0.1) is 11.6 Å². The Labute approximate surface area is 112 Å². The Morgan fingerprint density at radius 2 is 2.06 bits per heavy atom. The maximum Gasteiger partial charge on any atom is 0.200 e. The molecule has 0 spiro atoms. The Morgan fingerprint density at radius 1 is 1.33 bits per heavy atom. The molecular formula is C12H14BrF2NO2. The van der Waals surface area contributed by atoms with E-state index in [0.29, 0.717) is 11.0 Å². The van der Waals surface area contributed by atoms with Crippen LogP contribution in [0.5, 0.6) is 5.75 Å². The highest BCUT2D eigenvalue weighted by Gasteiger charge is 2.25. The minimum absolute atomic E-state index is 0.0442. The maximum absolute atomic E-state index is 13.4. The van der Waals surface area contributed by atoms with Crippen LogP contribution in [0.4, 0.5) is 8.78 Å². The number of hydrogen-bond donors (Lipinski definition) is 1. The summed E-state index contributed by atoms with van der Waals surface area (Å²) >= 11 is 3.09. The van der Waals surface area contributed by atoms with Crippen molar-refractivity contribution < 1.29 is 18.3 Å². The summed E-state index contributed by atoms with van der Waals surface area (Å²) in [5.41, 5.74) is 5.49. The van der Waals surface area contributed by atoms with Crippen LogP contribution in [-0.2, 0) is 4.74 Å². The van der Waals surface area contributed by atoms with Gasteiger partial charge >= 0.3 is 0 Å². The van der Waals surface area contributed by atoms with Crippen LogP contribution in [0.2, 0.25) is 0 Å². The topological polar surface area (TPSA) is 44.5 Å². The summed E-state index contributed by atoms with van der Waals surface area (Å²) in [6.45, 7) is 0.666. The number of halogens is 3.